The van der Waals surface area contributed by atoms with E-state index in [2.05, 4.69) is 25.3 Å². The van der Waals surface area contributed by atoms with Crippen LogP contribution in [0.15, 0.2) is 36.5 Å². The molecule has 2 aliphatic rings. The van der Waals surface area contributed by atoms with E-state index in [0.29, 0.717) is 16.6 Å². The monoisotopic (exact) mass is 510 g/mol. The summed E-state index contributed by atoms with van der Waals surface area (Å²) >= 11 is 0. The molecule has 3 atom stereocenters. The normalized spacial score (nSPS) is 21.5. The van der Waals surface area contributed by atoms with Crippen LogP contribution in [0, 0.1) is 23.5 Å². The van der Waals surface area contributed by atoms with E-state index in [9.17, 15) is 22.0 Å². The van der Waals surface area contributed by atoms with E-state index >= 15 is 0 Å². The minimum atomic E-state index is -4.60. The zero-order valence-corrected chi connectivity index (χ0v) is 19.2. The Balaban J connectivity index is 1.34. The summed E-state index contributed by atoms with van der Waals surface area (Å²) < 4.78 is 77.6. The van der Waals surface area contributed by atoms with Gasteiger partial charge in [-0.15, -0.1) is 5.10 Å². The van der Waals surface area contributed by atoms with Gasteiger partial charge in [0.15, 0.2) is 0 Å². The van der Waals surface area contributed by atoms with E-state index in [4.69, 9.17) is 9.47 Å². The number of methoxy groups -OCH3 is 1. The third-order valence-corrected chi connectivity index (χ3v) is 6.43. The van der Waals surface area contributed by atoms with Gasteiger partial charge in [-0.05, 0) is 30.7 Å². The lowest BCUT2D eigenvalue weighted by molar-refractivity contribution is -0.143. The zero-order chi connectivity index (χ0) is 25.4. The molecule has 3 heterocycles. The summed E-state index contributed by atoms with van der Waals surface area (Å²) in [5, 5.41) is 7.14. The smallest absolute Gasteiger partial charge is 0.408 e. The van der Waals surface area contributed by atoms with Gasteiger partial charge in [0.2, 0.25) is 11.8 Å². The number of alkyl halides is 3. The lowest BCUT2D eigenvalue weighted by Gasteiger charge is -2.39. The van der Waals surface area contributed by atoms with Gasteiger partial charge < -0.3 is 19.7 Å². The molecule has 0 spiro atoms. The van der Waals surface area contributed by atoms with Crippen LogP contribution in [0.25, 0.3) is 0 Å². The summed E-state index contributed by atoms with van der Waals surface area (Å²) in [6.45, 7) is -0.00295. The predicted octanol–water partition coefficient (Wildman–Crippen LogP) is 4.64. The van der Waals surface area contributed by atoms with Gasteiger partial charge in [-0.1, -0.05) is 0 Å². The maximum absolute atomic E-state index is 13.5. The fraction of sp³-hybridized carbons (Fsp3) is 0.435. The first-order valence-electron chi connectivity index (χ1n) is 11.3. The predicted molar refractivity (Wildman–Crippen MR) is 119 cm³/mol. The number of pyridine rings is 1. The average molecular weight is 510 g/mol. The Labute approximate surface area is 203 Å². The highest BCUT2D eigenvalue weighted by atomic mass is 19.4. The Morgan fingerprint density at radius 3 is 2.39 bits per heavy atom. The Hall–Kier alpha value is -3.64. The molecule has 1 saturated heterocycles. The van der Waals surface area contributed by atoms with Crippen LogP contribution in [0.3, 0.4) is 0 Å². The number of hydrogen-bond donors (Lipinski definition) is 1. The molecule has 2 aromatic heterocycles. The summed E-state index contributed by atoms with van der Waals surface area (Å²) in [4.78, 5) is 10.5. The number of fused-ring (bicyclic) bond motifs is 2. The molecule has 5 rings (SSSR count). The summed E-state index contributed by atoms with van der Waals surface area (Å²) in [5.74, 6) is -1.28. The molecular formula is C23H23F5N6O2. The van der Waals surface area contributed by atoms with Gasteiger partial charge >= 0.3 is 12.2 Å². The first-order valence-corrected chi connectivity index (χ1v) is 11.3. The topological polar surface area (TPSA) is 77.3 Å². The molecule has 1 aliphatic heterocycles. The minimum Gasteiger partial charge on any atom is -0.481 e. The number of halogens is 5. The van der Waals surface area contributed by atoms with Crippen LogP contribution in [-0.4, -0.2) is 52.2 Å². The summed E-state index contributed by atoms with van der Waals surface area (Å²) in [7, 11) is 1.56. The highest BCUT2D eigenvalue weighted by molar-refractivity contribution is 5.49. The quantitative estimate of drug-likeness (QED) is 0.464. The number of benzene rings is 1. The minimum absolute atomic E-state index is 0.0351. The second-order valence-corrected chi connectivity index (χ2v) is 8.93. The summed E-state index contributed by atoms with van der Waals surface area (Å²) in [6, 6.07) is 5.55. The Morgan fingerprint density at radius 1 is 1.06 bits per heavy atom. The SMILES string of the molecule is COc1cc(N2C[C@H]3CC[C@@H](C2)[C@H]3Nc2nc(Oc3cc(F)cc(F)c3)n(CC(F)(F)F)n2)ccn1. The standard InChI is InChI=1S/C23H23F5N6O2/c1-35-19-9-17(4-5-29-19)33-10-13-2-3-14(11-33)20(13)30-21-31-22(34(32-21)12-23(26,27)28)36-18-7-15(24)6-16(25)8-18/h4-9,13-14,20H,2-3,10-12H2,1H3,(H,30,32)/t13-,14+,20+. The Morgan fingerprint density at radius 2 is 1.75 bits per heavy atom. The van der Waals surface area contributed by atoms with Gasteiger partial charge in [-0.25, -0.2) is 18.4 Å². The molecule has 2 fully saturated rings. The van der Waals surface area contributed by atoms with Crippen molar-refractivity contribution in [1.29, 1.82) is 0 Å². The molecule has 2 bridgehead atoms. The molecule has 0 radical (unpaired) electrons. The summed E-state index contributed by atoms with van der Waals surface area (Å²) in [6.07, 6.45) is -1.04. The number of ether oxygens (including phenoxy) is 2. The molecule has 192 valence electrons. The first kappa shape index (κ1) is 24.1. The van der Waals surface area contributed by atoms with Gasteiger partial charge in [0, 0.05) is 55.3 Å². The van der Waals surface area contributed by atoms with Crippen molar-refractivity contribution in [3.63, 3.8) is 0 Å². The molecule has 3 aromatic rings. The highest BCUT2D eigenvalue weighted by Crippen LogP contribution is 2.40. The number of rotatable bonds is 7. The van der Waals surface area contributed by atoms with E-state index in [1.54, 1.807) is 13.3 Å². The van der Waals surface area contributed by atoms with E-state index in [-0.39, 0.29) is 29.6 Å². The third kappa shape index (κ3) is 5.29. The van der Waals surface area contributed by atoms with Crippen molar-refractivity contribution in [3.8, 4) is 17.6 Å². The molecule has 36 heavy (non-hydrogen) atoms. The lowest BCUT2D eigenvalue weighted by atomic mass is 9.92. The summed E-state index contributed by atoms with van der Waals surface area (Å²) in [5.41, 5.74) is 0.989. The van der Waals surface area contributed by atoms with Crippen molar-refractivity contribution >= 4 is 11.6 Å². The number of piperidine rings is 1. The molecule has 13 heteroatoms. The van der Waals surface area contributed by atoms with Crippen LogP contribution in [0.4, 0.5) is 33.6 Å². The fourth-order valence-electron chi connectivity index (χ4n) is 4.96. The number of nitrogens with zero attached hydrogens (tertiary/aromatic N) is 5. The molecule has 1 saturated carbocycles. The van der Waals surface area contributed by atoms with Crippen molar-refractivity contribution < 1.29 is 31.4 Å². The van der Waals surface area contributed by atoms with Crippen molar-refractivity contribution in [3.05, 3.63) is 48.2 Å². The number of hydrogen-bond acceptors (Lipinski definition) is 7. The van der Waals surface area contributed by atoms with Crippen molar-refractivity contribution in [2.24, 2.45) is 11.8 Å². The van der Waals surface area contributed by atoms with Gasteiger partial charge in [-0.3, -0.25) is 0 Å². The molecular weight excluding hydrogens is 487 g/mol. The van der Waals surface area contributed by atoms with Crippen LogP contribution in [0.1, 0.15) is 12.8 Å². The number of nitrogens with one attached hydrogen (secondary N) is 1. The largest absolute Gasteiger partial charge is 0.481 e. The lowest BCUT2D eigenvalue weighted by Crippen LogP contribution is -2.48. The molecule has 8 nitrogen and oxygen atoms in total. The third-order valence-electron chi connectivity index (χ3n) is 6.43. The van der Waals surface area contributed by atoms with E-state index in [1.165, 1.54) is 0 Å². The maximum atomic E-state index is 13.5. The van der Waals surface area contributed by atoms with Gasteiger partial charge in [0.25, 0.3) is 0 Å². The van der Waals surface area contributed by atoms with Crippen molar-refractivity contribution in [2.45, 2.75) is 31.6 Å². The molecule has 0 amide bonds. The van der Waals surface area contributed by atoms with Crippen LogP contribution < -0.4 is 19.7 Å². The number of aromatic nitrogens is 4. The van der Waals surface area contributed by atoms with Crippen molar-refractivity contribution in [1.82, 2.24) is 19.7 Å². The first-order chi connectivity index (χ1) is 17.2. The van der Waals surface area contributed by atoms with Crippen LogP contribution in [0.2, 0.25) is 0 Å². The second kappa shape index (κ2) is 9.43. The zero-order valence-electron chi connectivity index (χ0n) is 19.2. The fourth-order valence-corrected chi connectivity index (χ4v) is 4.96. The Bertz CT molecular complexity index is 1200. The van der Waals surface area contributed by atoms with Gasteiger partial charge in [0.05, 0.1) is 7.11 Å². The van der Waals surface area contributed by atoms with Crippen molar-refractivity contribution in [2.75, 3.05) is 30.4 Å². The highest BCUT2D eigenvalue weighted by Gasteiger charge is 2.43. The van der Waals surface area contributed by atoms with Gasteiger partial charge in [0.1, 0.15) is 23.9 Å². The van der Waals surface area contributed by atoms with Gasteiger partial charge in [-0.2, -0.15) is 18.2 Å². The van der Waals surface area contributed by atoms with E-state index < -0.39 is 30.4 Å². The van der Waals surface area contributed by atoms with Crippen LogP contribution in [0.5, 0.6) is 17.6 Å². The van der Waals surface area contributed by atoms with E-state index in [1.807, 2.05) is 12.1 Å². The number of anilines is 2. The van der Waals surface area contributed by atoms with Crippen LogP contribution >= 0.6 is 0 Å². The second-order valence-electron chi connectivity index (χ2n) is 8.93. The molecule has 1 N–H and O–H groups in total. The Kier molecular flexibility index (Phi) is 6.31. The molecule has 1 aliphatic carbocycles. The molecule has 1 aromatic carbocycles. The van der Waals surface area contributed by atoms with Crippen LogP contribution in [-0.2, 0) is 6.54 Å². The maximum Gasteiger partial charge on any atom is 0.408 e. The van der Waals surface area contributed by atoms with E-state index in [0.717, 1.165) is 43.8 Å². The molecule has 0 unspecified atom stereocenters. The average Bonchev–Trinajstić information content (AvgIpc) is 3.26.